The van der Waals surface area contributed by atoms with Gasteiger partial charge < -0.3 is 4.90 Å². The molecular weight excluding hydrogens is 401 g/mol. The summed E-state index contributed by atoms with van der Waals surface area (Å²) in [5.74, 6) is -0.376. The Balaban J connectivity index is 1.39. The SMILES string of the molecule is O=C(c1ccc(F)cc1)N1CCC(n2nc(-c3ccccc3)cc2-c2ccccc2)CC1. The van der Waals surface area contributed by atoms with Crippen LogP contribution >= 0.6 is 0 Å². The van der Waals surface area contributed by atoms with Crippen molar-refractivity contribution in [3.05, 3.63) is 102 Å². The van der Waals surface area contributed by atoms with Gasteiger partial charge in [-0.3, -0.25) is 9.48 Å². The van der Waals surface area contributed by atoms with Gasteiger partial charge in [-0.05, 0) is 48.7 Å². The number of hydrogen-bond donors (Lipinski definition) is 0. The van der Waals surface area contributed by atoms with Gasteiger partial charge in [0.25, 0.3) is 5.91 Å². The topological polar surface area (TPSA) is 38.1 Å². The maximum atomic E-state index is 13.2. The van der Waals surface area contributed by atoms with Crippen molar-refractivity contribution < 1.29 is 9.18 Å². The Kier molecular flexibility index (Phi) is 5.55. The van der Waals surface area contributed by atoms with E-state index in [4.69, 9.17) is 5.10 Å². The van der Waals surface area contributed by atoms with Crippen molar-refractivity contribution in [1.29, 1.82) is 0 Å². The fourth-order valence-electron chi connectivity index (χ4n) is 4.34. The fourth-order valence-corrected chi connectivity index (χ4v) is 4.34. The zero-order valence-corrected chi connectivity index (χ0v) is 17.7. The normalized spacial score (nSPS) is 14.5. The molecule has 0 N–H and O–H groups in total. The lowest BCUT2D eigenvalue weighted by molar-refractivity contribution is 0.0690. The number of piperidine rings is 1. The summed E-state index contributed by atoms with van der Waals surface area (Å²) in [6.45, 7) is 1.30. The first kappa shape index (κ1) is 20.2. The second-order valence-electron chi connectivity index (χ2n) is 8.12. The molecule has 4 aromatic rings. The standard InChI is InChI=1S/C27H24FN3O/c28-23-13-11-22(12-14-23)27(32)30-17-15-24(16-18-30)31-26(21-9-5-2-6-10-21)19-25(29-31)20-7-3-1-4-8-20/h1-14,19,24H,15-18H2. The molecule has 3 aromatic carbocycles. The van der Waals surface area contributed by atoms with Gasteiger partial charge in [0.2, 0.25) is 0 Å². The number of nitrogens with zero attached hydrogens (tertiary/aromatic N) is 3. The van der Waals surface area contributed by atoms with Crippen LogP contribution in [0.25, 0.3) is 22.5 Å². The Morgan fingerprint density at radius 3 is 2.03 bits per heavy atom. The van der Waals surface area contributed by atoms with Gasteiger partial charge in [0.1, 0.15) is 5.82 Å². The van der Waals surface area contributed by atoms with E-state index in [9.17, 15) is 9.18 Å². The van der Waals surface area contributed by atoms with Crippen molar-refractivity contribution in [1.82, 2.24) is 14.7 Å². The highest BCUT2D eigenvalue weighted by Gasteiger charge is 2.27. The molecule has 1 amide bonds. The summed E-state index contributed by atoms with van der Waals surface area (Å²) in [7, 11) is 0. The molecule has 1 fully saturated rings. The van der Waals surface area contributed by atoms with Crippen LogP contribution in [0.2, 0.25) is 0 Å². The van der Waals surface area contributed by atoms with E-state index in [1.54, 1.807) is 12.1 Å². The van der Waals surface area contributed by atoms with Crippen LogP contribution in [0.3, 0.4) is 0 Å². The lowest BCUT2D eigenvalue weighted by Gasteiger charge is -2.33. The summed E-state index contributed by atoms with van der Waals surface area (Å²) in [4.78, 5) is 14.7. The summed E-state index contributed by atoms with van der Waals surface area (Å²) in [5.41, 5.74) is 4.79. The molecule has 160 valence electrons. The number of amides is 1. The van der Waals surface area contributed by atoms with Crippen LogP contribution < -0.4 is 0 Å². The Bertz CT molecular complexity index is 1190. The Morgan fingerprint density at radius 2 is 1.41 bits per heavy atom. The maximum absolute atomic E-state index is 13.2. The third kappa shape index (κ3) is 4.06. The molecule has 32 heavy (non-hydrogen) atoms. The van der Waals surface area contributed by atoms with Crippen LogP contribution in [0.4, 0.5) is 4.39 Å². The van der Waals surface area contributed by atoms with Crippen molar-refractivity contribution in [3.8, 4) is 22.5 Å². The lowest BCUT2D eigenvalue weighted by atomic mass is 10.0. The van der Waals surface area contributed by atoms with Crippen molar-refractivity contribution in [3.63, 3.8) is 0 Å². The number of carbonyl (C=O) groups excluding carboxylic acids is 1. The first-order valence-electron chi connectivity index (χ1n) is 10.9. The minimum Gasteiger partial charge on any atom is -0.338 e. The van der Waals surface area contributed by atoms with Crippen molar-refractivity contribution in [2.75, 3.05) is 13.1 Å². The fraction of sp³-hybridized carbons (Fsp3) is 0.185. The highest BCUT2D eigenvalue weighted by molar-refractivity contribution is 5.94. The minimum atomic E-state index is -0.332. The van der Waals surface area contributed by atoms with Gasteiger partial charge in [0.05, 0.1) is 17.4 Å². The molecule has 0 spiro atoms. The van der Waals surface area contributed by atoms with E-state index in [0.29, 0.717) is 18.7 Å². The summed E-state index contributed by atoms with van der Waals surface area (Å²) >= 11 is 0. The highest BCUT2D eigenvalue weighted by atomic mass is 19.1. The van der Waals surface area contributed by atoms with Crippen LogP contribution in [0.15, 0.2) is 91.0 Å². The van der Waals surface area contributed by atoms with Gasteiger partial charge in [-0.15, -0.1) is 0 Å². The molecule has 0 bridgehead atoms. The Hall–Kier alpha value is -3.73. The first-order valence-corrected chi connectivity index (χ1v) is 10.9. The molecule has 0 radical (unpaired) electrons. The van der Waals surface area contributed by atoms with Gasteiger partial charge in [0.15, 0.2) is 0 Å². The predicted molar refractivity (Wildman–Crippen MR) is 124 cm³/mol. The monoisotopic (exact) mass is 425 g/mol. The molecular formula is C27H24FN3O. The number of carbonyl (C=O) groups is 1. The van der Waals surface area contributed by atoms with E-state index in [1.807, 2.05) is 41.3 Å². The summed E-state index contributed by atoms with van der Waals surface area (Å²) in [5, 5.41) is 4.99. The number of rotatable bonds is 4. The van der Waals surface area contributed by atoms with E-state index in [0.717, 1.165) is 35.4 Å². The molecule has 1 aromatic heterocycles. The second kappa shape index (κ2) is 8.79. The number of aromatic nitrogens is 2. The van der Waals surface area contributed by atoms with Gasteiger partial charge in [-0.25, -0.2) is 4.39 Å². The molecule has 0 atom stereocenters. The zero-order chi connectivity index (χ0) is 21.9. The smallest absolute Gasteiger partial charge is 0.253 e. The van der Waals surface area contributed by atoms with E-state index in [1.165, 1.54) is 12.1 Å². The Morgan fingerprint density at radius 1 is 0.812 bits per heavy atom. The van der Waals surface area contributed by atoms with Gasteiger partial charge in [0, 0.05) is 24.2 Å². The quantitative estimate of drug-likeness (QED) is 0.412. The molecule has 0 aliphatic carbocycles. The number of benzene rings is 3. The summed E-state index contributed by atoms with van der Waals surface area (Å²) < 4.78 is 15.3. The van der Waals surface area contributed by atoms with Crippen molar-refractivity contribution in [2.24, 2.45) is 0 Å². The lowest BCUT2D eigenvalue weighted by Crippen LogP contribution is -2.39. The Labute approximate surface area is 186 Å². The largest absolute Gasteiger partial charge is 0.338 e. The van der Waals surface area contributed by atoms with Crippen LogP contribution in [-0.4, -0.2) is 33.7 Å². The molecule has 1 saturated heterocycles. The van der Waals surface area contributed by atoms with E-state index >= 15 is 0 Å². The van der Waals surface area contributed by atoms with Crippen LogP contribution in [-0.2, 0) is 0 Å². The van der Waals surface area contributed by atoms with Gasteiger partial charge >= 0.3 is 0 Å². The average molecular weight is 426 g/mol. The van der Waals surface area contributed by atoms with Crippen LogP contribution in [0.5, 0.6) is 0 Å². The number of halogens is 1. The second-order valence-corrected chi connectivity index (χ2v) is 8.12. The van der Waals surface area contributed by atoms with Crippen LogP contribution in [0, 0.1) is 5.82 Å². The number of likely N-dealkylation sites (tertiary alicyclic amines) is 1. The summed E-state index contributed by atoms with van der Waals surface area (Å²) in [6, 6.07) is 28.6. The molecule has 2 heterocycles. The molecule has 5 rings (SSSR count). The van der Waals surface area contributed by atoms with Crippen molar-refractivity contribution >= 4 is 5.91 Å². The number of hydrogen-bond acceptors (Lipinski definition) is 2. The van der Waals surface area contributed by atoms with E-state index in [2.05, 4.69) is 35.0 Å². The molecule has 0 unspecified atom stereocenters. The van der Waals surface area contributed by atoms with E-state index in [-0.39, 0.29) is 17.8 Å². The first-order chi connectivity index (χ1) is 15.7. The molecule has 4 nitrogen and oxygen atoms in total. The zero-order valence-electron chi connectivity index (χ0n) is 17.7. The third-order valence-electron chi connectivity index (χ3n) is 6.06. The van der Waals surface area contributed by atoms with Crippen molar-refractivity contribution in [2.45, 2.75) is 18.9 Å². The average Bonchev–Trinajstić information content (AvgIpc) is 3.31. The molecule has 5 heteroatoms. The molecule has 1 aliphatic rings. The van der Waals surface area contributed by atoms with Gasteiger partial charge in [-0.2, -0.15) is 5.10 Å². The van der Waals surface area contributed by atoms with E-state index < -0.39 is 0 Å². The van der Waals surface area contributed by atoms with Crippen LogP contribution in [0.1, 0.15) is 29.2 Å². The third-order valence-corrected chi connectivity index (χ3v) is 6.06. The molecule has 1 aliphatic heterocycles. The summed E-state index contributed by atoms with van der Waals surface area (Å²) in [6.07, 6.45) is 1.64. The highest BCUT2D eigenvalue weighted by Crippen LogP contribution is 2.32. The maximum Gasteiger partial charge on any atom is 0.253 e. The minimum absolute atomic E-state index is 0.0443. The molecule has 0 saturated carbocycles. The van der Waals surface area contributed by atoms with Gasteiger partial charge in [-0.1, -0.05) is 60.7 Å². The predicted octanol–water partition coefficient (Wildman–Crippen LogP) is 5.83.